The van der Waals surface area contributed by atoms with Crippen LogP contribution in [0.25, 0.3) is 10.9 Å². The molecule has 0 aliphatic rings. The van der Waals surface area contributed by atoms with Gasteiger partial charge in [0.1, 0.15) is 5.39 Å². The molecule has 1 aromatic heterocycles. The maximum atomic E-state index is 10.6. The summed E-state index contributed by atoms with van der Waals surface area (Å²) in [6, 6.07) is 4.88. The van der Waals surface area contributed by atoms with Crippen LogP contribution in [0.15, 0.2) is 18.2 Å². The summed E-state index contributed by atoms with van der Waals surface area (Å²) in [7, 11) is 1.00. The second-order valence-electron chi connectivity index (χ2n) is 2.77. The average Bonchev–Trinajstić information content (AvgIpc) is 2.63. The van der Waals surface area contributed by atoms with E-state index in [1.807, 2.05) is 0 Å². The zero-order valence-corrected chi connectivity index (χ0v) is 8.39. The number of rotatable bonds is 1. The maximum absolute atomic E-state index is 10.6. The summed E-state index contributed by atoms with van der Waals surface area (Å²) >= 11 is 0. The first-order valence-electron chi connectivity index (χ1n) is 4.23. The van der Waals surface area contributed by atoms with E-state index in [9.17, 15) is 10.1 Å². The summed E-state index contributed by atoms with van der Waals surface area (Å²) in [5, 5.41) is 24.9. The van der Waals surface area contributed by atoms with Gasteiger partial charge in [0.05, 0.1) is 16.1 Å². The van der Waals surface area contributed by atoms with Crippen LogP contribution in [-0.4, -0.2) is 27.3 Å². The minimum absolute atomic E-state index is 0.101. The van der Waals surface area contributed by atoms with Gasteiger partial charge < -0.3 is 5.11 Å². The van der Waals surface area contributed by atoms with Gasteiger partial charge in [0.25, 0.3) is 5.69 Å². The number of non-ortho nitro benzene ring substituents is 1. The van der Waals surface area contributed by atoms with Crippen molar-refractivity contribution in [2.45, 2.75) is 6.92 Å². The van der Waals surface area contributed by atoms with Crippen molar-refractivity contribution in [1.29, 1.82) is 0 Å². The molecule has 0 unspecified atom stereocenters. The Labute approximate surface area is 85.7 Å². The summed E-state index contributed by atoms with van der Waals surface area (Å²) in [4.78, 5) is 10.2. The van der Waals surface area contributed by atoms with E-state index >= 15 is 0 Å². The molecule has 15 heavy (non-hydrogen) atoms. The van der Waals surface area contributed by atoms with Gasteiger partial charge in [-0.15, -0.1) is 0 Å². The molecule has 0 aliphatic heterocycles. The van der Waals surface area contributed by atoms with Crippen LogP contribution in [0.2, 0.25) is 0 Å². The molecule has 0 saturated heterocycles. The molecule has 0 aliphatic carbocycles. The molecule has 6 heteroatoms. The standard InChI is InChI=1S/C8H7N3O2.CH4O/c1-5-8-6(10-9-5)3-2-4-7(8)11(12)13;1-2/h2-4H,1H3,(H,9,10);2H,1H3. The van der Waals surface area contributed by atoms with E-state index in [1.54, 1.807) is 19.1 Å². The van der Waals surface area contributed by atoms with E-state index in [-0.39, 0.29) is 5.69 Å². The summed E-state index contributed by atoms with van der Waals surface area (Å²) in [5.74, 6) is 0. The van der Waals surface area contributed by atoms with Crippen LogP contribution in [0.5, 0.6) is 0 Å². The van der Waals surface area contributed by atoms with E-state index in [0.29, 0.717) is 16.6 Å². The number of aliphatic hydroxyl groups excluding tert-OH is 1. The lowest BCUT2D eigenvalue weighted by atomic mass is 10.2. The van der Waals surface area contributed by atoms with Crippen molar-refractivity contribution in [3.8, 4) is 0 Å². The summed E-state index contributed by atoms with van der Waals surface area (Å²) in [5.41, 5.74) is 1.46. The number of aromatic amines is 1. The van der Waals surface area contributed by atoms with Crippen molar-refractivity contribution >= 4 is 16.6 Å². The topological polar surface area (TPSA) is 92.1 Å². The third kappa shape index (κ3) is 1.94. The lowest BCUT2D eigenvalue weighted by Gasteiger charge is -1.92. The molecule has 0 atom stereocenters. The Morgan fingerprint density at radius 3 is 2.73 bits per heavy atom. The molecule has 0 fully saturated rings. The van der Waals surface area contributed by atoms with E-state index in [0.717, 1.165) is 7.11 Å². The number of aryl methyl sites for hydroxylation is 1. The number of nitrogens with one attached hydrogen (secondary N) is 1. The Hall–Kier alpha value is -1.95. The highest BCUT2D eigenvalue weighted by molar-refractivity contribution is 5.90. The van der Waals surface area contributed by atoms with Crippen molar-refractivity contribution in [2.75, 3.05) is 7.11 Å². The van der Waals surface area contributed by atoms with E-state index in [1.165, 1.54) is 6.07 Å². The van der Waals surface area contributed by atoms with Crippen LogP contribution in [0.4, 0.5) is 5.69 Å². The average molecular weight is 209 g/mol. The van der Waals surface area contributed by atoms with Crippen molar-refractivity contribution < 1.29 is 10.0 Å². The number of H-pyrrole nitrogens is 1. The molecular weight excluding hydrogens is 198 g/mol. The predicted molar refractivity (Wildman–Crippen MR) is 55.6 cm³/mol. The van der Waals surface area contributed by atoms with Crippen LogP contribution < -0.4 is 0 Å². The second-order valence-corrected chi connectivity index (χ2v) is 2.77. The Morgan fingerprint density at radius 2 is 2.13 bits per heavy atom. The number of hydrogen-bond donors (Lipinski definition) is 2. The molecule has 0 radical (unpaired) electrons. The van der Waals surface area contributed by atoms with Crippen LogP contribution in [0.3, 0.4) is 0 Å². The molecule has 0 amide bonds. The largest absolute Gasteiger partial charge is 0.400 e. The fourth-order valence-corrected chi connectivity index (χ4v) is 1.37. The third-order valence-corrected chi connectivity index (χ3v) is 1.95. The number of nitro groups is 1. The number of benzene rings is 1. The Kier molecular flexibility index (Phi) is 3.35. The molecule has 80 valence electrons. The third-order valence-electron chi connectivity index (χ3n) is 1.95. The van der Waals surface area contributed by atoms with Crippen molar-refractivity contribution in [3.05, 3.63) is 34.0 Å². The molecule has 2 N–H and O–H groups in total. The molecule has 0 saturated carbocycles. The molecule has 1 heterocycles. The Morgan fingerprint density at radius 1 is 1.47 bits per heavy atom. The van der Waals surface area contributed by atoms with Gasteiger partial charge in [0.2, 0.25) is 0 Å². The van der Waals surface area contributed by atoms with Gasteiger partial charge in [-0.05, 0) is 13.0 Å². The van der Waals surface area contributed by atoms with Gasteiger partial charge in [0.15, 0.2) is 0 Å². The highest BCUT2D eigenvalue weighted by atomic mass is 16.6. The molecule has 2 rings (SSSR count). The number of nitro benzene ring substituents is 1. The molecule has 1 aromatic carbocycles. The minimum atomic E-state index is -0.398. The Bertz CT molecular complexity index is 478. The lowest BCUT2D eigenvalue weighted by Crippen LogP contribution is -1.88. The number of aromatic nitrogens is 2. The normalized spacial score (nSPS) is 9.53. The fraction of sp³-hybridized carbons (Fsp3) is 0.222. The molecule has 2 aromatic rings. The van der Waals surface area contributed by atoms with Gasteiger partial charge in [-0.25, -0.2) is 0 Å². The minimum Gasteiger partial charge on any atom is -0.400 e. The first-order chi connectivity index (χ1) is 7.20. The zero-order chi connectivity index (χ0) is 11.4. The molecular formula is C9H11N3O3. The number of nitrogens with zero attached hydrogens (tertiary/aromatic N) is 2. The van der Waals surface area contributed by atoms with Crippen LogP contribution >= 0.6 is 0 Å². The van der Waals surface area contributed by atoms with Crippen molar-refractivity contribution in [2.24, 2.45) is 0 Å². The number of hydrogen-bond acceptors (Lipinski definition) is 4. The van der Waals surface area contributed by atoms with Gasteiger partial charge >= 0.3 is 0 Å². The first kappa shape index (κ1) is 11.1. The quantitative estimate of drug-likeness (QED) is 0.548. The van der Waals surface area contributed by atoms with Crippen LogP contribution in [-0.2, 0) is 0 Å². The number of aliphatic hydroxyl groups is 1. The summed E-state index contributed by atoms with van der Waals surface area (Å²) in [6.45, 7) is 1.74. The fourth-order valence-electron chi connectivity index (χ4n) is 1.37. The monoisotopic (exact) mass is 209 g/mol. The second kappa shape index (κ2) is 4.52. The zero-order valence-electron chi connectivity index (χ0n) is 8.39. The number of fused-ring (bicyclic) bond motifs is 1. The van der Waals surface area contributed by atoms with Crippen molar-refractivity contribution in [1.82, 2.24) is 10.2 Å². The van der Waals surface area contributed by atoms with Crippen LogP contribution in [0, 0.1) is 17.0 Å². The van der Waals surface area contributed by atoms with Gasteiger partial charge in [-0.2, -0.15) is 5.10 Å². The smallest absolute Gasteiger partial charge is 0.280 e. The van der Waals surface area contributed by atoms with Gasteiger partial charge in [0, 0.05) is 13.2 Å². The summed E-state index contributed by atoms with van der Waals surface area (Å²) in [6.07, 6.45) is 0. The van der Waals surface area contributed by atoms with E-state index < -0.39 is 4.92 Å². The van der Waals surface area contributed by atoms with E-state index in [2.05, 4.69) is 10.2 Å². The SMILES string of the molecule is CO.Cc1n[nH]c2cccc([N+](=O)[O-])c12. The van der Waals surface area contributed by atoms with Gasteiger partial charge in [-0.3, -0.25) is 15.2 Å². The van der Waals surface area contributed by atoms with E-state index in [4.69, 9.17) is 5.11 Å². The molecule has 6 nitrogen and oxygen atoms in total. The highest BCUT2D eigenvalue weighted by Crippen LogP contribution is 2.25. The predicted octanol–water partition coefficient (Wildman–Crippen LogP) is 1.39. The maximum Gasteiger partial charge on any atom is 0.280 e. The molecule has 0 bridgehead atoms. The van der Waals surface area contributed by atoms with Crippen LogP contribution in [0.1, 0.15) is 5.69 Å². The lowest BCUT2D eigenvalue weighted by molar-refractivity contribution is -0.383. The van der Waals surface area contributed by atoms with Crippen molar-refractivity contribution in [3.63, 3.8) is 0 Å². The Balaban J connectivity index is 0.000000531. The first-order valence-corrected chi connectivity index (χ1v) is 4.23. The highest BCUT2D eigenvalue weighted by Gasteiger charge is 2.14. The van der Waals surface area contributed by atoms with Gasteiger partial charge in [-0.1, -0.05) is 6.07 Å². The molecule has 0 spiro atoms. The summed E-state index contributed by atoms with van der Waals surface area (Å²) < 4.78 is 0.